The largest absolute Gasteiger partial charge is 0.461 e. The molecule has 47 heavy (non-hydrogen) atoms. The number of hydrogen-bond donors (Lipinski definition) is 0. The Kier molecular flexibility index (Phi) is 16.7. The Balaban J connectivity index is 2.01. The van der Waals surface area contributed by atoms with Crippen LogP contribution in [0.3, 0.4) is 0 Å². The number of esters is 1. The van der Waals surface area contributed by atoms with Crippen molar-refractivity contribution in [3.63, 3.8) is 0 Å². The Morgan fingerprint density at radius 3 is 2.02 bits per heavy atom. The van der Waals surface area contributed by atoms with Crippen molar-refractivity contribution in [2.24, 2.45) is 5.92 Å². The molecule has 266 valence electrons. The van der Waals surface area contributed by atoms with Crippen LogP contribution >= 0.6 is 0 Å². The fourth-order valence-corrected chi connectivity index (χ4v) is 7.19. The smallest absolute Gasteiger partial charge is 0.315 e. The van der Waals surface area contributed by atoms with Crippen LogP contribution < -0.4 is 5.56 Å². The molecule has 0 saturated carbocycles. The summed E-state index contributed by atoms with van der Waals surface area (Å²) < 4.78 is 39.4. The van der Waals surface area contributed by atoms with Crippen molar-refractivity contribution in [3.05, 3.63) is 56.1 Å². The first-order chi connectivity index (χ1) is 22.2. The number of nitro groups is 1. The molecular formula is C35H57N3O8S. The molecule has 2 aromatic rings. The maximum Gasteiger partial charge on any atom is 0.315 e. The van der Waals surface area contributed by atoms with Gasteiger partial charge in [-0.25, -0.2) is 10.1 Å². The Labute approximate surface area is 281 Å². The van der Waals surface area contributed by atoms with Crippen molar-refractivity contribution in [3.8, 4) is 5.69 Å². The molecule has 0 aliphatic carbocycles. The lowest BCUT2D eigenvalue weighted by Gasteiger charge is -2.18. The fourth-order valence-electron chi connectivity index (χ4n) is 5.76. The molecule has 1 unspecified atom stereocenters. The predicted octanol–water partition coefficient (Wildman–Crippen LogP) is 8.48. The molecule has 0 saturated heterocycles. The third-order valence-electron chi connectivity index (χ3n) is 8.42. The van der Waals surface area contributed by atoms with Gasteiger partial charge in [0.2, 0.25) is 0 Å². The van der Waals surface area contributed by atoms with E-state index in [2.05, 4.69) is 13.8 Å². The first-order valence-corrected chi connectivity index (χ1v) is 18.8. The van der Waals surface area contributed by atoms with Crippen LogP contribution in [0.15, 0.2) is 38.5 Å². The number of para-hydroxylation sites is 1. The number of carbonyl (C=O) groups excluding carboxylic acids is 1. The summed E-state index contributed by atoms with van der Waals surface area (Å²) in [6.07, 6.45) is 17.4. The minimum absolute atomic E-state index is 0.0631. The topological polar surface area (TPSA) is 142 Å². The number of sulfonamides is 1. The molecule has 0 spiro atoms. The molecule has 2 rings (SSSR count). The lowest BCUT2D eigenvalue weighted by Crippen LogP contribution is -2.38. The number of carbonyl (C=O) groups is 1. The van der Waals surface area contributed by atoms with E-state index in [1.807, 2.05) is 0 Å². The summed E-state index contributed by atoms with van der Waals surface area (Å²) in [4.78, 5) is 36.5. The summed E-state index contributed by atoms with van der Waals surface area (Å²) in [6.45, 7) is 10.3. The van der Waals surface area contributed by atoms with E-state index in [4.69, 9.17) is 9.26 Å². The molecule has 0 amide bonds. The van der Waals surface area contributed by atoms with E-state index >= 15 is 0 Å². The van der Waals surface area contributed by atoms with Crippen LogP contribution in [-0.4, -0.2) is 35.1 Å². The molecule has 1 heterocycles. The molecule has 1 aromatic heterocycles. The molecule has 0 radical (unpaired) electrons. The first kappa shape index (κ1) is 40.0. The van der Waals surface area contributed by atoms with Crippen LogP contribution in [0.1, 0.15) is 149 Å². The van der Waals surface area contributed by atoms with Gasteiger partial charge in [-0.2, -0.15) is 8.42 Å². The van der Waals surface area contributed by atoms with E-state index in [0.29, 0.717) is 18.8 Å². The average Bonchev–Trinajstić information content (AvgIpc) is 3.34. The summed E-state index contributed by atoms with van der Waals surface area (Å²) in [5.41, 5.74) is -1.50. The molecule has 0 fully saturated rings. The van der Waals surface area contributed by atoms with E-state index in [9.17, 15) is 28.1 Å². The Hall–Kier alpha value is -3.15. The predicted molar refractivity (Wildman–Crippen MR) is 183 cm³/mol. The summed E-state index contributed by atoms with van der Waals surface area (Å²) in [6, 6.07) is 5.52. The number of hydrazine groups is 1. The number of rotatable bonds is 23. The van der Waals surface area contributed by atoms with Gasteiger partial charge >= 0.3 is 16.0 Å². The van der Waals surface area contributed by atoms with Gasteiger partial charge in [0.25, 0.3) is 5.56 Å². The summed E-state index contributed by atoms with van der Waals surface area (Å²) in [5, 5.41) is 11.1. The van der Waals surface area contributed by atoms with E-state index < -0.39 is 36.9 Å². The van der Waals surface area contributed by atoms with Crippen molar-refractivity contribution in [1.82, 2.24) is 9.15 Å². The minimum atomic E-state index is -4.67. The molecule has 0 bridgehead atoms. The van der Waals surface area contributed by atoms with Crippen LogP contribution in [0.5, 0.6) is 0 Å². The molecular weight excluding hydrogens is 622 g/mol. The highest BCUT2D eigenvalue weighted by Gasteiger charge is 2.37. The third-order valence-corrected chi connectivity index (χ3v) is 10.2. The second-order valence-corrected chi connectivity index (χ2v) is 15.5. The zero-order valence-electron chi connectivity index (χ0n) is 29.4. The van der Waals surface area contributed by atoms with Gasteiger partial charge in [0.1, 0.15) is 17.2 Å². The van der Waals surface area contributed by atoms with Crippen molar-refractivity contribution >= 4 is 16.0 Å². The maximum absolute atomic E-state index is 13.7. The van der Waals surface area contributed by atoms with Crippen LogP contribution in [0.4, 0.5) is 0 Å². The molecule has 0 aliphatic rings. The first-order valence-electron chi connectivity index (χ1n) is 17.4. The van der Waals surface area contributed by atoms with Crippen molar-refractivity contribution < 1.29 is 27.5 Å². The van der Waals surface area contributed by atoms with Crippen molar-refractivity contribution in [2.75, 3.05) is 6.54 Å². The molecule has 12 heteroatoms. The number of hydrogen-bond acceptors (Lipinski definition) is 8. The van der Waals surface area contributed by atoms with Gasteiger partial charge in [-0.1, -0.05) is 130 Å². The lowest BCUT2D eigenvalue weighted by atomic mass is 9.91. The Bertz CT molecular complexity index is 1420. The fraction of sp³-hybridized carbons (Fsp3) is 0.714. The number of benzene rings is 1. The van der Waals surface area contributed by atoms with Crippen LogP contribution in [0, 0.1) is 16.0 Å². The quantitative estimate of drug-likeness (QED) is 0.0493. The Morgan fingerprint density at radius 2 is 1.49 bits per heavy atom. The summed E-state index contributed by atoms with van der Waals surface area (Å²) >= 11 is 0. The standard InChI is InChI=1S/C35H57N3O8S/c1-7-8-9-10-11-12-13-14-15-16-17-18-22-28(2)23-21-26-36(38(41)42)47(43,44)32-25-20-19-24-31(32)37-34(40)30(27-45-29(3)39)33(46-37)35(4,5)6/h19-20,24-25,28H,7-18,21-23,26-27H2,1-6H3. The van der Waals surface area contributed by atoms with E-state index in [1.54, 1.807) is 20.8 Å². The highest BCUT2D eigenvalue weighted by atomic mass is 32.2. The van der Waals surface area contributed by atoms with Gasteiger partial charge in [-0.3, -0.25) is 9.59 Å². The molecule has 0 N–H and O–H groups in total. The molecule has 1 aromatic carbocycles. The highest BCUT2D eigenvalue weighted by molar-refractivity contribution is 7.89. The summed E-state index contributed by atoms with van der Waals surface area (Å²) in [5.74, 6) is -0.0656. The van der Waals surface area contributed by atoms with Crippen molar-refractivity contribution in [2.45, 2.75) is 155 Å². The van der Waals surface area contributed by atoms with Gasteiger partial charge in [0, 0.05) is 12.3 Å². The molecule has 11 nitrogen and oxygen atoms in total. The number of aromatic nitrogens is 1. The molecule has 1 atom stereocenters. The second kappa shape index (κ2) is 19.6. The monoisotopic (exact) mass is 679 g/mol. The molecule has 0 aliphatic heterocycles. The van der Waals surface area contributed by atoms with Crippen LogP contribution in [-0.2, 0) is 31.6 Å². The summed E-state index contributed by atoms with van der Waals surface area (Å²) in [7, 11) is -4.67. The number of nitrogens with zero attached hydrogens (tertiary/aromatic N) is 3. The zero-order chi connectivity index (χ0) is 35.0. The van der Waals surface area contributed by atoms with Crippen LogP contribution in [0.25, 0.3) is 5.69 Å². The average molecular weight is 680 g/mol. The third kappa shape index (κ3) is 12.8. The normalized spacial score (nSPS) is 12.6. The number of ether oxygens (including phenoxy) is 1. The van der Waals surface area contributed by atoms with Gasteiger partial charge in [0.15, 0.2) is 10.8 Å². The Morgan fingerprint density at radius 1 is 0.957 bits per heavy atom. The van der Waals surface area contributed by atoms with Gasteiger partial charge in [0.05, 0.1) is 12.1 Å². The maximum atomic E-state index is 13.7. The van der Waals surface area contributed by atoms with E-state index in [1.165, 1.54) is 102 Å². The SMILES string of the molecule is CCCCCCCCCCCCCCC(C)CCCN([N+](=O)[O-])S(=O)(=O)c1ccccc1-n1oc(C(C)(C)C)c(COC(C)=O)c1=O. The lowest BCUT2D eigenvalue weighted by molar-refractivity contribution is -0.620. The highest BCUT2D eigenvalue weighted by Crippen LogP contribution is 2.29. The second-order valence-electron chi connectivity index (χ2n) is 13.7. The number of unbranched alkanes of at least 4 members (excludes halogenated alkanes) is 11. The van der Waals surface area contributed by atoms with Gasteiger partial charge < -0.3 is 9.26 Å². The zero-order valence-corrected chi connectivity index (χ0v) is 30.2. The van der Waals surface area contributed by atoms with Gasteiger partial charge in [-0.15, -0.1) is 4.74 Å². The van der Waals surface area contributed by atoms with Crippen molar-refractivity contribution in [1.29, 1.82) is 0 Å². The van der Waals surface area contributed by atoms with E-state index in [-0.39, 0.29) is 34.6 Å². The van der Waals surface area contributed by atoms with E-state index in [0.717, 1.165) is 17.6 Å². The van der Waals surface area contributed by atoms with Gasteiger partial charge in [-0.05, 0) is 35.3 Å². The minimum Gasteiger partial charge on any atom is -0.461 e. The van der Waals surface area contributed by atoms with Crippen LogP contribution in [0.2, 0.25) is 0 Å².